The lowest BCUT2D eigenvalue weighted by Gasteiger charge is -2.28. The van der Waals surface area contributed by atoms with Gasteiger partial charge in [-0.15, -0.1) is 0 Å². The number of carboxylic acid groups (broad SMARTS) is 3. The van der Waals surface area contributed by atoms with E-state index in [0.29, 0.717) is 85.7 Å². The van der Waals surface area contributed by atoms with Crippen molar-refractivity contribution in [2.45, 2.75) is 38.5 Å². The Kier molecular flexibility index (Phi) is 54.0. The van der Waals surface area contributed by atoms with Crippen LogP contribution in [-0.4, -0.2) is 355 Å². The summed E-state index contributed by atoms with van der Waals surface area (Å²) in [6, 6.07) is 0. The number of rotatable bonds is 65. The molecule has 0 aliphatic carbocycles. The molecule has 0 radical (unpaired) electrons. The maximum absolute atomic E-state index is 13.7. The van der Waals surface area contributed by atoms with E-state index in [4.69, 9.17) is 81.6 Å². The molecule has 91 heavy (non-hydrogen) atoms. The first-order valence-electron chi connectivity index (χ1n) is 30.6. The number of nitrogens with one attached hydrogen (secondary N) is 2. The first-order valence-corrected chi connectivity index (χ1v) is 36.6. The van der Waals surface area contributed by atoms with Crippen LogP contribution in [0, 0.1) is 0 Å². The van der Waals surface area contributed by atoms with Gasteiger partial charge in [0.25, 0.3) is 0 Å². The lowest BCUT2D eigenvalue weighted by Crippen LogP contribution is -2.37. The Bertz CT molecular complexity index is 1960. The zero-order valence-electron chi connectivity index (χ0n) is 52.7. The Hall–Kier alpha value is -3.09. The molecular weight excluding hydrogens is 1280 g/mol. The van der Waals surface area contributed by atoms with Gasteiger partial charge >= 0.3 is 17.9 Å². The van der Waals surface area contributed by atoms with Crippen molar-refractivity contribution in [1.82, 2.24) is 25.3 Å². The fraction of sp³-hybridized carbons (Fsp3) is 0.889. The number of carboxylic acids is 3. The van der Waals surface area contributed by atoms with Crippen molar-refractivity contribution in [2.75, 3.05) is 275 Å². The molecule has 0 spiro atoms. The highest BCUT2D eigenvalue weighted by molar-refractivity contribution is 7.58. The second-order valence-electron chi connectivity index (χ2n) is 20.5. The van der Waals surface area contributed by atoms with Crippen LogP contribution in [-0.2, 0) is 109 Å². The van der Waals surface area contributed by atoms with Crippen molar-refractivity contribution < 1.29 is 139 Å². The number of carbonyl (C=O) groups is 6. The number of amides is 2. The van der Waals surface area contributed by atoms with Crippen molar-refractivity contribution in [3.05, 3.63) is 0 Å². The molecule has 37 heteroatoms. The van der Waals surface area contributed by atoms with Crippen molar-refractivity contribution in [2.24, 2.45) is 0 Å². The topological polar surface area (TPSA) is 438 Å². The molecule has 8 N–H and O–H groups in total. The first kappa shape index (κ1) is 85.9. The first-order chi connectivity index (χ1) is 43.7. The van der Waals surface area contributed by atoms with Gasteiger partial charge in [-0.25, -0.2) is 9.59 Å². The molecule has 1 heterocycles. The summed E-state index contributed by atoms with van der Waals surface area (Å²) in [6.45, 7) is 7.46. The molecule has 34 nitrogen and oxygen atoms in total. The summed E-state index contributed by atoms with van der Waals surface area (Å²) in [5, 5.41) is 31.0. The molecule has 3 atom stereocenters. The fourth-order valence-corrected chi connectivity index (χ4v) is 12.7. The highest BCUT2D eigenvalue weighted by Crippen LogP contribution is 2.44. The molecule has 3 unspecified atom stereocenters. The van der Waals surface area contributed by atoms with E-state index in [2.05, 4.69) is 10.6 Å². The van der Waals surface area contributed by atoms with Gasteiger partial charge in [-0.1, -0.05) is 0 Å². The van der Waals surface area contributed by atoms with E-state index in [-0.39, 0.29) is 233 Å². The van der Waals surface area contributed by atoms with E-state index >= 15 is 0 Å². The molecular formula is C54H104N5O29P3. The Morgan fingerprint density at radius 2 is 0.560 bits per heavy atom. The van der Waals surface area contributed by atoms with Gasteiger partial charge in [0.1, 0.15) is 19.0 Å². The van der Waals surface area contributed by atoms with E-state index in [9.17, 15) is 57.1 Å². The van der Waals surface area contributed by atoms with E-state index in [0.717, 1.165) is 0 Å². The fourth-order valence-electron chi connectivity index (χ4n) is 7.81. The van der Waals surface area contributed by atoms with Gasteiger partial charge < -0.3 is 107 Å². The minimum atomic E-state index is -3.99. The maximum atomic E-state index is 13.7. The SMILES string of the molecule is O=C(O)CCOCCOCCOCCOCCNC(=O)CCP(=O)(O)CN1CCN(CP(=O)(O)CCC(=O)CCCOCCOCCOCCOCCOCC(=O)O)CCN(CP(=O)(O)CCC(=O)NCCOCCOCCOCCOCCOCC(=O)O)CC1. The molecule has 0 bridgehead atoms. The summed E-state index contributed by atoms with van der Waals surface area (Å²) < 4.78 is 115. The van der Waals surface area contributed by atoms with Crippen LogP contribution < -0.4 is 10.6 Å². The minimum Gasteiger partial charge on any atom is -0.481 e. The largest absolute Gasteiger partial charge is 0.481 e. The van der Waals surface area contributed by atoms with Crippen LogP contribution >= 0.6 is 22.1 Å². The van der Waals surface area contributed by atoms with E-state index in [1.807, 2.05) is 0 Å². The van der Waals surface area contributed by atoms with Crippen molar-refractivity contribution in [3.63, 3.8) is 0 Å². The normalized spacial score (nSPS) is 15.6. The molecule has 534 valence electrons. The third kappa shape index (κ3) is 59.2. The molecule has 1 fully saturated rings. The van der Waals surface area contributed by atoms with Gasteiger partial charge in [0, 0.05) is 103 Å². The number of carbonyl (C=O) groups excluding carboxylic acids is 3. The molecule has 0 aromatic carbocycles. The molecule has 1 aliphatic rings. The molecule has 0 saturated carbocycles. The summed E-state index contributed by atoms with van der Waals surface area (Å²) >= 11 is 0. The smallest absolute Gasteiger partial charge is 0.329 e. The van der Waals surface area contributed by atoms with Gasteiger partial charge in [0.15, 0.2) is 0 Å². The second-order valence-corrected chi connectivity index (χ2v) is 27.7. The molecule has 0 aromatic heterocycles. The Balaban J connectivity index is 2.62. The number of Topliss-reactive ketones (excluding diaryl/α,β-unsaturated/α-hetero) is 1. The zero-order chi connectivity index (χ0) is 67.0. The summed E-state index contributed by atoms with van der Waals surface area (Å²) in [5.41, 5.74) is 0. The Morgan fingerprint density at radius 3 is 0.846 bits per heavy atom. The van der Waals surface area contributed by atoms with Gasteiger partial charge in [-0.05, 0) is 6.42 Å². The van der Waals surface area contributed by atoms with Crippen LogP contribution in [0.1, 0.15) is 38.5 Å². The van der Waals surface area contributed by atoms with E-state index in [1.54, 1.807) is 14.7 Å². The number of aliphatic carboxylic acids is 3. The lowest BCUT2D eigenvalue weighted by atomic mass is 10.2. The summed E-state index contributed by atoms with van der Waals surface area (Å²) in [7, 11) is -11.9. The summed E-state index contributed by atoms with van der Waals surface area (Å²) in [5.74, 6) is -4.19. The van der Waals surface area contributed by atoms with Gasteiger partial charge in [-0.3, -0.25) is 47.6 Å². The van der Waals surface area contributed by atoms with Crippen LogP contribution in [0.5, 0.6) is 0 Å². The monoisotopic (exact) mass is 1380 g/mol. The number of hydrogen-bond donors (Lipinski definition) is 8. The van der Waals surface area contributed by atoms with Crippen LogP contribution in [0.2, 0.25) is 0 Å². The summed E-state index contributed by atoms with van der Waals surface area (Å²) in [6.07, 6.45) is -2.17. The van der Waals surface area contributed by atoms with E-state index < -0.39 is 51.8 Å². The number of ether oxygens (including phenoxy) is 14. The molecule has 2 amide bonds. The molecule has 1 rings (SSSR count). The Labute approximate surface area is 533 Å². The number of hydrogen-bond acceptors (Lipinski definition) is 26. The number of ketones is 1. The average molecular weight is 1380 g/mol. The molecule has 0 aromatic rings. The predicted molar refractivity (Wildman–Crippen MR) is 326 cm³/mol. The van der Waals surface area contributed by atoms with Crippen molar-refractivity contribution in [1.29, 1.82) is 0 Å². The summed E-state index contributed by atoms with van der Waals surface area (Å²) in [4.78, 5) is 108. The van der Waals surface area contributed by atoms with Crippen LogP contribution in [0.3, 0.4) is 0 Å². The van der Waals surface area contributed by atoms with Crippen LogP contribution in [0.15, 0.2) is 0 Å². The minimum absolute atomic E-state index is 0.0808. The zero-order valence-corrected chi connectivity index (χ0v) is 55.4. The highest BCUT2D eigenvalue weighted by Gasteiger charge is 2.31. The predicted octanol–water partition coefficient (Wildman–Crippen LogP) is -0.782. The Morgan fingerprint density at radius 1 is 0.308 bits per heavy atom. The maximum Gasteiger partial charge on any atom is 0.329 e. The highest BCUT2D eigenvalue weighted by atomic mass is 31.2. The van der Waals surface area contributed by atoms with Crippen LogP contribution in [0.4, 0.5) is 0 Å². The van der Waals surface area contributed by atoms with E-state index in [1.165, 1.54) is 0 Å². The third-order valence-electron chi connectivity index (χ3n) is 12.5. The third-order valence-corrected chi connectivity index (χ3v) is 17.8. The van der Waals surface area contributed by atoms with Crippen molar-refractivity contribution in [3.8, 4) is 0 Å². The van der Waals surface area contributed by atoms with Gasteiger partial charge in [0.2, 0.25) is 33.9 Å². The van der Waals surface area contributed by atoms with Gasteiger partial charge in [-0.2, -0.15) is 0 Å². The van der Waals surface area contributed by atoms with Crippen LogP contribution in [0.25, 0.3) is 0 Å². The quantitative estimate of drug-likeness (QED) is 0.0273. The lowest BCUT2D eigenvalue weighted by molar-refractivity contribution is -0.143. The van der Waals surface area contributed by atoms with Crippen molar-refractivity contribution >= 4 is 57.6 Å². The molecule has 1 aliphatic heterocycles. The second kappa shape index (κ2) is 57.2. The molecule has 1 saturated heterocycles. The number of nitrogens with zero attached hydrogens (tertiary/aromatic N) is 3. The average Bonchev–Trinajstić information content (AvgIpc) is 2.80. The van der Waals surface area contributed by atoms with Gasteiger partial charge in [0.05, 0.1) is 190 Å². The standard InChI is InChI=1S/C54H104N5O29P3/c60-49(2-1-15-75-19-23-79-27-31-83-33-35-85-37-39-87-44-53(65)66)4-41-89(69,70)46-57-9-11-58(47-90(71,72)42-5-50(61)55-7-17-77-21-25-81-29-28-80-24-20-76-16-3-52(63)64)13-14-59(12-10-57)48-91(73,74)43-6-51(62)56-8-18-78-22-26-82-30-32-84-34-36-86-38-40-88-45-54(67)68/h1-48H2,(H,55,61)(H,56,62)(H,63,64)(H,65,66)(H,67,68)(H,69,70)(H,71,72)(H,73,74).